The van der Waals surface area contributed by atoms with E-state index in [1.165, 1.54) is 0 Å². The Hall–Kier alpha value is -1.92. The first-order valence-corrected chi connectivity index (χ1v) is 6.61. The molecular formula is C14H19N3O3. The molecule has 6 heteroatoms. The van der Waals surface area contributed by atoms with Crippen molar-refractivity contribution >= 4 is 17.5 Å². The zero-order valence-corrected chi connectivity index (χ0v) is 11.5. The lowest BCUT2D eigenvalue weighted by Crippen LogP contribution is -2.40. The molecule has 1 atom stereocenters. The Morgan fingerprint density at radius 1 is 1.25 bits per heavy atom. The molecule has 6 nitrogen and oxygen atoms in total. The van der Waals surface area contributed by atoms with Crippen LogP contribution in [-0.2, 0) is 9.53 Å². The van der Waals surface area contributed by atoms with Crippen molar-refractivity contribution in [2.45, 2.75) is 13.0 Å². The smallest absolute Gasteiger partial charge is 0.254 e. The number of benzene rings is 1. The molecule has 20 heavy (non-hydrogen) atoms. The first kappa shape index (κ1) is 14.5. The van der Waals surface area contributed by atoms with Crippen molar-refractivity contribution in [1.82, 2.24) is 4.90 Å². The lowest BCUT2D eigenvalue weighted by molar-refractivity contribution is -0.117. The Kier molecular flexibility index (Phi) is 4.70. The van der Waals surface area contributed by atoms with E-state index >= 15 is 0 Å². The fourth-order valence-electron chi connectivity index (χ4n) is 1.90. The summed E-state index contributed by atoms with van der Waals surface area (Å²) >= 11 is 0. The van der Waals surface area contributed by atoms with Crippen molar-refractivity contribution in [3.63, 3.8) is 0 Å². The van der Waals surface area contributed by atoms with Gasteiger partial charge in [-0.15, -0.1) is 0 Å². The Morgan fingerprint density at radius 2 is 1.85 bits per heavy atom. The molecule has 1 aromatic carbocycles. The minimum atomic E-state index is -0.565. The Balaban J connectivity index is 2.00. The number of amides is 2. The van der Waals surface area contributed by atoms with E-state index in [-0.39, 0.29) is 11.8 Å². The van der Waals surface area contributed by atoms with Crippen LogP contribution >= 0.6 is 0 Å². The zero-order valence-electron chi connectivity index (χ0n) is 11.5. The summed E-state index contributed by atoms with van der Waals surface area (Å²) in [4.78, 5) is 25.4. The van der Waals surface area contributed by atoms with Crippen LogP contribution in [0.15, 0.2) is 24.3 Å². The number of anilines is 1. The van der Waals surface area contributed by atoms with Crippen molar-refractivity contribution in [2.75, 3.05) is 31.6 Å². The molecule has 1 saturated heterocycles. The molecule has 2 amide bonds. The number of nitrogens with zero attached hydrogens (tertiary/aromatic N) is 1. The lowest BCUT2D eigenvalue weighted by atomic mass is 10.1. The van der Waals surface area contributed by atoms with E-state index in [1.807, 2.05) is 0 Å². The molecule has 1 fully saturated rings. The number of nitrogens with one attached hydrogen (secondary N) is 1. The molecule has 3 N–H and O–H groups in total. The highest BCUT2D eigenvalue weighted by Crippen LogP contribution is 2.12. The highest BCUT2D eigenvalue weighted by atomic mass is 16.5. The molecule has 0 radical (unpaired) electrons. The van der Waals surface area contributed by atoms with Gasteiger partial charge in [0.15, 0.2) is 0 Å². The average Bonchev–Trinajstić information content (AvgIpc) is 2.48. The van der Waals surface area contributed by atoms with Gasteiger partial charge in [0.2, 0.25) is 5.91 Å². The van der Waals surface area contributed by atoms with E-state index in [4.69, 9.17) is 10.5 Å². The summed E-state index contributed by atoms with van der Waals surface area (Å²) < 4.78 is 5.22. The molecule has 1 aromatic rings. The van der Waals surface area contributed by atoms with Crippen LogP contribution in [0.1, 0.15) is 17.3 Å². The fraction of sp³-hybridized carbons (Fsp3) is 0.429. The summed E-state index contributed by atoms with van der Waals surface area (Å²) in [6.45, 7) is 4.00. The standard InChI is InChI=1S/C14H19N3O3/c1-10(15)13(18)16-12-4-2-11(3-5-12)14(19)17-6-8-20-9-7-17/h2-5,10H,6-9,15H2,1H3,(H,16,18)/t10-/m0/s1. The minimum Gasteiger partial charge on any atom is -0.378 e. The highest BCUT2D eigenvalue weighted by molar-refractivity contribution is 5.97. The normalized spacial score (nSPS) is 16.6. The second-order valence-electron chi connectivity index (χ2n) is 4.76. The van der Waals surface area contributed by atoms with E-state index in [0.717, 1.165) is 0 Å². The molecule has 0 aromatic heterocycles. The second-order valence-corrected chi connectivity index (χ2v) is 4.76. The maximum atomic E-state index is 12.2. The molecule has 0 saturated carbocycles. The summed E-state index contributed by atoms with van der Waals surface area (Å²) in [7, 11) is 0. The van der Waals surface area contributed by atoms with Crippen LogP contribution in [0.5, 0.6) is 0 Å². The lowest BCUT2D eigenvalue weighted by Gasteiger charge is -2.26. The SMILES string of the molecule is C[C@H](N)C(=O)Nc1ccc(C(=O)N2CCOCC2)cc1. The van der Waals surface area contributed by atoms with E-state index in [9.17, 15) is 9.59 Å². The molecule has 1 aliphatic rings. The minimum absolute atomic E-state index is 0.0154. The number of carbonyl (C=O) groups excluding carboxylic acids is 2. The highest BCUT2D eigenvalue weighted by Gasteiger charge is 2.18. The molecule has 0 spiro atoms. The van der Waals surface area contributed by atoms with Crippen molar-refractivity contribution in [3.8, 4) is 0 Å². The maximum Gasteiger partial charge on any atom is 0.254 e. The number of morpholine rings is 1. The van der Waals surface area contributed by atoms with Crippen molar-refractivity contribution in [3.05, 3.63) is 29.8 Å². The first-order valence-electron chi connectivity index (χ1n) is 6.61. The van der Waals surface area contributed by atoms with Gasteiger partial charge in [-0.1, -0.05) is 0 Å². The quantitative estimate of drug-likeness (QED) is 0.840. The van der Waals surface area contributed by atoms with Crippen molar-refractivity contribution < 1.29 is 14.3 Å². The Morgan fingerprint density at radius 3 is 2.40 bits per heavy atom. The summed E-state index contributed by atoms with van der Waals surface area (Å²) in [5.41, 5.74) is 6.71. The van der Waals surface area contributed by atoms with Crippen LogP contribution in [0.25, 0.3) is 0 Å². The van der Waals surface area contributed by atoms with Gasteiger partial charge in [-0.2, -0.15) is 0 Å². The fourth-order valence-corrected chi connectivity index (χ4v) is 1.90. The van der Waals surface area contributed by atoms with Gasteiger partial charge >= 0.3 is 0 Å². The molecule has 108 valence electrons. The molecular weight excluding hydrogens is 258 g/mol. The number of hydrogen-bond donors (Lipinski definition) is 2. The third-order valence-electron chi connectivity index (χ3n) is 3.11. The second kappa shape index (κ2) is 6.49. The zero-order chi connectivity index (χ0) is 14.5. The summed E-state index contributed by atoms with van der Waals surface area (Å²) in [5.74, 6) is -0.268. The number of ether oxygens (including phenoxy) is 1. The van der Waals surface area contributed by atoms with Crippen molar-refractivity contribution in [2.24, 2.45) is 5.73 Å². The van der Waals surface area contributed by atoms with Crippen LogP contribution < -0.4 is 11.1 Å². The van der Waals surface area contributed by atoms with Gasteiger partial charge in [0.05, 0.1) is 19.3 Å². The number of nitrogens with two attached hydrogens (primary N) is 1. The molecule has 1 heterocycles. The van der Waals surface area contributed by atoms with E-state index in [1.54, 1.807) is 36.1 Å². The summed E-state index contributed by atoms with van der Waals surface area (Å²) in [5, 5.41) is 2.68. The Bertz CT molecular complexity index is 479. The third kappa shape index (κ3) is 3.55. The van der Waals surface area contributed by atoms with E-state index < -0.39 is 6.04 Å². The van der Waals surface area contributed by atoms with Crippen LogP contribution in [0.4, 0.5) is 5.69 Å². The van der Waals surface area contributed by atoms with Gasteiger partial charge in [-0.05, 0) is 31.2 Å². The van der Waals surface area contributed by atoms with Crippen LogP contribution in [-0.4, -0.2) is 49.1 Å². The molecule has 0 bridgehead atoms. The van der Waals surface area contributed by atoms with Gasteiger partial charge in [0, 0.05) is 24.3 Å². The molecule has 2 rings (SSSR count). The maximum absolute atomic E-state index is 12.2. The van der Waals surface area contributed by atoms with Crippen LogP contribution in [0, 0.1) is 0 Å². The van der Waals surface area contributed by atoms with E-state index in [0.29, 0.717) is 37.6 Å². The van der Waals surface area contributed by atoms with Crippen LogP contribution in [0.2, 0.25) is 0 Å². The topological polar surface area (TPSA) is 84.7 Å². The van der Waals surface area contributed by atoms with Crippen LogP contribution in [0.3, 0.4) is 0 Å². The van der Waals surface area contributed by atoms with E-state index in [2.05, 4.69) is 5.32 Å². The predicted octanol–water partition coefficient (Wildman–Crippen LogP) is 0.445. The number of rotatable bonds is 3. The predicted molar refractivity (Wildman–Crippen MR) is 75.4 cm³/mol. The average molecular weight is 277 g/mol. The van der Waals surface area contributed by atoms with Gasteiger partial charge in [-0.3, -0.25) is 9.59 Å². The Labute approximate surface area is 117 Å². The van der Waals surface area contributed by atoms with Gasteiger partial charge in [0.1, 0.15) is 0 Å². The van der Waals surface area contributed by atoms with Crippen molar-refractivity contribution in [1.29, 1.82) is 0 Å². The number of hydrogen-bond acceptors (Lipinski definition) is 4. The molecule has 0 unspecified atom stereocenters. The summed E-state index contributed by atoms with van der Waals surface area (Å²) in [6, 6.07) is 6.25. The third-order valence-corrected chi connectivity index (χ3v) is 3.11. The largest absolute Gasteiger partial charge is 0.378 e. The van der Waals surface area contributed by atoms with Gasteiger partial charge < -0.3 is 20.7 Å². The number of carbonyl (C=O) groups is 2. The first-order chi connectivity index (χ1) is 9.58. The monoisotopic (exact) mass is 277 g/mol. The molecule has 0 aliphatic carbocycles. The van der Waals surface area contributed by atoms with Gasteiger partial charge in [-0.25, -0.2) is 0 Å². The molecule has 1 aliphatic heterocycles. The summed E-state index contributed by atoms with van der Waals surface area (Å²) in [6.07, 6.45) is 0. The van der Waals surface area contributed by atoms with Gasteiger partial charge in [0.25, 0.3) is 5.91 Å².